The molecule has 138 valence electrons. The maximum Gasteiger partial charge on any atom is 0.355 e. The van der Waals surface area contributed by atoms with Crippen LogP contribution >= 0.6 is 0 Å². The number of hydrogen-bond donors (Lipinski definition) is 1. The number of hydrogen-bond acceptors (Lipinski definition) is 4. The molecule has 0 aliphatic rings. The van der Waals surface area contributed by atoms with Gasteiger partial charge in [0.2, 0.25) is 0 Å². The number of nitrogens with zero attached hydrogens (tertiary/aromatic N) is 1. The molecule has 1 atom stereocenters. The number of aromatic nitrogens is 1. The molecule has 0 fully saturated rings. The highest BCUT2D eigenvalue weighted by molar-refractivity contribution is 5.98. The second-order valence-corrected chi connectivity index (χ2v) is 6.30. The molecule has 0 aliphatic carbocycles. The lowest BCUT2D eigenvalue weighted by Gasteiger charge is -2.17. The molecule has 6 nitrogen and oxygen atoms in total. The number of ketones is 1. The van der Waals surface area contributed by atoms with Gasteiger partial charge in [-0.15, -0.1) is 0 Å². The van der Waals surface area contributed by atoms with Crippen molar-refractivity contribution in [2.24, 2.45) is 7.05 Å². The number of rotatable bonds is 7. The van der Waals surface area contributed by atoms with Crippen molar-refractivity contribution >= 4 is 17.7 Å². The normalized spacial score (nSPS) is 11.7. The maximum atomic E-state index is 12.1. The van der Waals surface area contributed by atoms with Gasteiger partial charge in [0.1, 0.15) is 5.69 Å². The first-order chi connectivity index (χ1) is 12.3. The third-order valence-corrected chi connectivity index (χ3v) is 4.18. The Morgan fingerprint density at radius 1 is 1.19 bits per heavy atom. The lowest BCUT2D eigenvalue weighted by atomic mass is 10.0. The second-order valence-electron chi connectivity index (χ2n) is 6.30. The molecule has 2 aromatic rings. The lowest BCUT2D eigenvalue weighted by Crippen LogP contribution is -2.32. The predicted octanol–water partition coefficient (Wildman–Crippen LogP) is 2.96. The number of carbonyl (C=O) groups is 3. The van der Waals surface area contributed by atoms with Crippen molar-refractivity contribution in [3.05, 3.63) is 58.9 Å². The third-order valence-electron chi connectivity index (χ3n) is 4.18. The van der Waals surface area contributed by atoms with E-state index in [1.807, 2.05) is 38.1 Å². The van der Waals surface area contributed by atoms with Gasteiger partial charge in [0.05, 0.1) is 6.04 Å². The van der Waals surface area contributed by atoms with Crippen LogP contribution in [-0.2, 0) is 16.6 Å². The van der Waals surface area contributed by atoms with E-state index in [2.05, 4.69) is 5.32 Å². The van der Waals surface area contributed by atoms with Crippen LogP contribution in [0.5, 0.6) is 0 Å². The summed E-state index contributed by atoms with van der Waals surface area (Å²) < 4.78 is 6.59. The van der Waals surface area contributed by atoms with E-state index < -0.39 is 5.97 Å². The van der Waals surface area contributed by atoms with Crippen molar-refractivity contribution in [2.45, 2.75) is 33.2 Å². The molecule has 0 saturated carbocycles. The summed E-state index contributed by atoms with van der Waals surface area (Å²) in [4.78, 5) is 35.7. The van der Waals surface area contributed by atoms with Gasteiger partial charge in [-0.1, -0.05) is 36.8 Å². The van der Waals surface area contributed by atoms with Gasteiger partial charge < -0.3 is 14.6 Å². The van der Waals surface area contributed by atoms with Crippen molar-refractivity contribution in [1.82, 2.24) is 9.88 Å². The fourth-order valence-electron chi connectivity index (χ4n) is 2.62. The molecule has 0 radical (unpaired) electrons. The molecule has 0 aliphatic heterocycles. The standard InChI is InChI=1S/C20H24N2O4/c1-5-17(15-8-6-13(2)7-9-15)21-19(24)12-26-20(25)18-10-16(14(3)23)11-22(18)4/h6-11,17H,5,12H2,1-4H3,(H,21,24)/t17-/m1/s1. The number of nitrogens with one attached hydrogen (secondary N) is 1. The topological polar surface area (TPSA) is 77.4 Å². The first kappa shape index (κ1) is 19.4. The molecule has 2 rings (SSSR count). The van der Waals surface area contributed by atoms with Crippen LogP contribution in [0.1, 0.15) is 58.3 Å². The highest BCUT2D eigenvalue weighted by Crippen LogP contribution is 2.17. The molecule has 0 saturated heterocycles. The van der Waals surface area contributed by atoms with E-state index in [0.717, 1.165) is 17.5 Å². The molecule has 1 amide bonds. The number of benzene rings is 1. The van der Waals surface area contributed by atoms with E-state index in [1.165, 1.54) is 17.6 Å². The van der Waals surface area contributed by atoms with Crippen LogP contribution in [0.2, 0.25) is 0 Å². The van der Waals surface area contributed by atoms with Gasteiger partial charge in [0.25, 0.3) is 5.91 Å². The summed E-state index contributed by atoms with van der Waals surface area (Å²) in [7, 11) is 1.65. The van der Waals surface area contributed by atoms with Crippen LogP contribution in [0.3, 0.4) is 0 Å². The molecular weight excluding hydrogens is 332 g/mol. The zero-order valence-electron chi connectivity index (χ0n) is 15.5. The van der Waals surface area contributed by atoms with Gasteiger partial charge >= 0.3 is 5.97 Å². The number of ether oxygens (including phenoxy) is 1. The van der Waals surface area contributed by atoms with Crippen molar-refractivity contribution < 1.29 is 19.1 Å². The monoisotopic (exact) mass is 356 g/mol. The Bertz CT molecular complexity index is 806. The largest absolute Gasteiger partial charge is 0.451 e. The van der Waals surface area contributed by atoms with E-state index in [-0.39, 0.29) is 30.0 Å². The number of carbonyl (C=O) groups excluding carboxylic acids is 3. The fraction of sp³-hybridized carbons (Fsp3) is 0.350. The predicted molar refractivity (Wildman–Crippen MR) is 98.1 cm³/mol. The summed E-state index contributed by atoms with van der Waals surface area (Å²) in [5.74, 6) is -1.15. The molecule has 1 aromatic heterocycles. The minimum atomic E-state index is -0.640. The van der Waals surface area contributed by atoms with E-state index in [9.17, 15) is 14.4 Å². The number of amides is 1. The Kier molecular flexibility index (Phi) is 6.33. The third kappa shape index (κ3) is 4.81. The van der Waals surface area contributed by atoms with Crippen LogP contribution < -0.4 is 5.32 Å². The SMILES string of the molecule is CC[C@@H](NC(=O)COC(=O)c1cc(C(C)=O)cn1C)c1ccc(C)cc1. The van der Waals surface area contributed by atoms with Crippen molar-refractivity contribution in [3.8, 4) is 0 Å². The molecule has 0 spiro atoms. The van der Waals surface area contributed by atoms with Gasteiger partial charge in [0, 0.05) is 18.8 Å². The fourth-order valence-corrected chi connectivity index (χ4v) is 2.62. The summed E-state index contributed by atoms with van der Waals surface area (Å²) in [6, 6.07) is 9.26. The molecule has 0 bridgehead atoms. The molecule has 26 heavy (non-hydrogen) atoms. The van der Waals surface area contributed by atoms with Crippen molar-refractivity contribution in [2.75, 3.05) is 6.61 Å². The summed E-state index contributed by atoms with van der Waals surface area (Å²) >= 11 is 0. The highest BCUT2D eigenvalue weighted by Gasteiger charge is 2.18. The van der Waals surface area contributed by atoms with E-state index >= 15 is 0 Å². The van der Waals surface area contributed by atoms with Crippen molar-refractivity contribution in [1.29, 1.82) is 0 Å². The van der Waals surface area contributed by atoms with Crippen molar-refractivity contribution in [3.63, 3.8) is 0 Å². The minimum Gasteiger partial charge on any atom is -0.451 e. The van der Waals surface area contributed by atoms with Crippen LogP contribution in [-0.4, -0.2) is 28.8 Å². The van der Waals surface area contributed by atoms with E-state index in [0.29, 0.717) is 5.56 Å². The Labute approximate surface area is 153 Å². The number of aryl methyl sites for hydroxylation is 2. The zero-order chi connectivity index (χ0) is 19.3. The summed E-state index contributed by atoms with van der Waals surface area (Å²) in [6.45, 7) is 5.03. The van der Waals surface area contributed by atoms with Crippen LogP contribution in [0.25, 0.3) is 0 Å². The van der Waals surface area contributed by atoms with E-state index in [4.69, 9.17) is 4.74 Å². The summed E-state index contributed by atoms with van der Waals surface area (Å²) in [5, 5.41) is 2.87. The molecule has 0 unspecified atom stereocenters. The average Bonchev–Trinajstić information content (AvgIpc) is 3.00. The quantitative estimate of drug-likeness (QED) is 0.611. The first-order valence-electron chi connectivity index (χ1n) is 8.52. The zero-order valence-corrected chi connectivity index (χ0v) is 15.5. The van der Waals surface area contributed by atoms with E-state index in [1.54, 1.807) is 13.2 Å². The number of esters is 1. The average molecular weight is 356 g/mol. The van der Waals surface area contributed by atoms with Gasteiger partial charge in [-0.25, -0.2) is 4.79 Å². The maximum absolute atomic E-state index is 12.1. The smallest absolute Gasteiger partial charge is 0.355 e. The number of Topliss-reactive ketones (excluding diaryl/α,β-unsaturated/α-hetero) is 1. The molecule has 1 aromatic carbocycles. The lowest BCUT2D eigenvalue weighted by molar-refractivity contribution is -0.125. The Balaban J connectivity index is 1.94. The minimum absolute atomic E-state index is 0.138. The van der Waals surface area contributed by atoms with Gasteiger partial charge in [-0.05, 0) is 31.9 Å². The molecule has 6 heteroatoms. The van der Waals surface area contributed by atoms with Crippen LogP contribution in [0.4, 0.5) is 0 Å². The molecule has 1 heterocycles. The summed E-state index contributed by atoms with van der Waals surface area (Å²) in [5.41, 5.74) is 2.81. The molecule has 1 N–H and O–H groups in total. The first-order valence-corrected chi connectivity index (χ1v) is 8.52. The van der Waals surface area contributed by atoms with Gasteiger partial charge in [-0.3, -0.25) is 9.59 Å². The Hall–Kier alpha value is -2.89. The van der Waals surface area contributed by atoms with Crippen LogP contribution in [0, 0.1) is 6.92 Å². The summed E-state index contributed by atoms with van der Waals surface area (Å²) in [6.07, 6.45) is 2.28. The second kappa shape index (κ2) is 8.47. The highest BCUT2D eigenvalue weighted by atomic mass is 16.5. The Morgan fingerprint density at radius 3 is 2.38 bits per heavy atom. The Morgan fingerprint density at radius 2 is 1.85 bits per heavy atom. The molecular formula is C20H24N2O4. The van der Waals surface area contributed by atoms with Gasteiger partial charge in [-0.2, -0.15) is 0 Å². The van der Waals surface area contributed by atoms with Gasteiger partial charge in [0.15, 0.2) is 12.4 Å². The van der Waals surface area contributed by atoms with Crippen LogP contribution in [0.15, 0.2) is 36.5 Å².